The van der Waals surface area contributed by atoms with E-state index in [0.29, 0.717) is 45.8 Å². The zero-order chi connectivity index (χ0) is 16.7. The molecule has 1 fully saturated rings. The molecule has 126 valence electrons. The van der Waals surface area contributed by atoms with Crippen molar-refractivity contribution >= 4 is 11.8 Å². The maximum atomic E-state index is 12.2. The molecule has 6 heteroatoms. The lowest BCUT2D eigenvalue weighted by Crippen LogP contribution is -2.42. The summed E-state index contributed by atoms with van der Waals surface area (Å²) in [5, 5.41) is 0. The van der Waals surface area contributed by atoms with Crippen LogP contribution in [0, 0.1) is 0 Å². The Kier molecular flexibility index (Phi) is 6.40. The lowest BCUT2D eigenvalue weighted by Gasteiger charge is -2.28. The monoisotopic (exact) mass is 320 g/mol. The minimum Gasteiger partial charge on any atom is -0.496 e. The molecular weight excluding hydrogens is 296 g/mol. The molecule has 0 radical (unpaired) electrons. The van der Waals surface area contributed by atoms with Gasteiger partial charge in [0.05, 0.1) is 20.3 Å². The van der Waals surface area contributed by atoms with E-state index >= 15 is 0 Å². The van der Waals surface area contributed by atoms with Gasteiger partial charge in [-0.3, -0.25) is 9.59 Å². The zero-order valence-electron chi connectivity index (χ0n) is 13.8. The first kappa shape index (κ1) is 17.3. The lowest BCUT2D eigenvalue weighted by molar-refractivity contribution is -0.136. The van der Waals surface area contributed by atoms with Gasteiger partial charge in [0.1, 0.15) is 5.75 Å². The Balaban J connectivity index is 1.93. The summed E-state index contributed by atoms with van der Waals surface area (Å²) in [6.45, 7) is 4.80. The van der Waals surface area contributed by atoms with E-state index in [-0.39, 0.29) is 11.8 Å². The van der Waals surface area contributed by atoms with E-state index in [9.17, 15) is 9.59 Å². The molecule has 0 N–H and O–H groups in total. The largest absolute Gasteiger partial charge is 0.496 e. The number of amides is 2. The summed E-state index contributed by atoms with van der Waals surface area (Å²) in [5.74, 6) is 0.767. The van der Waals surface area contributed by atoms with Crippen LogP contribution in [0.4, 0.5) is 0 Å². The zero-order valence-corrected chi connectivity index (χ0v) is 13.8. The van der Waals surface area contributed by atoms with Crippen molar-refractivity contribution in [2.45, 2.75) is 19.9 Å². The third kappa shape index (κ3) is 4.96. The maximum Gasteiger partial charge on any atom is 0.224 e. The van der Waals surface area contributed by atoms with Crippen LogP contribution in [-0.2, 0) is 20.9 Å². The molecule has 0 saturated carbocycles. The fraction of sp³-hybridized carbons (Fsp3) is 0.529. The van der Waals surface area contributed by atoms with Crippen LogP contribution in [0.15, 0.2) is 24.3 Å². The fourth-order valence-corrected chi connectivity index (χ4v) is 2.59. The molecule has 1 heterocycles. The summed E-state index contributed by atoms with van der Waals surface area (Å²) in [5.41, 5.74) is 0.934. The number of hydrogen-bond acceptors (Lipinski definition) is 4. The van der Waals surface area contributed by atoms with Gasteiger partial charge in [0.25, 0.3) is 0 Å². The summed E-state index contributed by atoms with van der Waals surface area (Å²) in [4.78, 5) is 27.6. The average molecular weight is 320 g/mol. The number of benzene rings is 1. The van der Waals surface area contributed by atoms with Gasteiger partial charge in [-0.15, -0.1) is 0 Å². The van der Waals surface area contributed by atoms with Crippen LogP contribution in [0.25, 0.3) is 0 Å². The number of carbonyl (C=O) groups is 2. The number of rotatable bonds is 6. The number of nitrogens with zero attached hydrogens (tertiary/aromatic N) is 2. The Hall–Kier alpha value is -2.08. The van der Waals surface area contributed by atoms with Crippen LogP contribution in [0.5, 0.6) is 5.75 Å². The van der Waals surface area contributed by atoms with E-state index in [1.807, 2.05) is 24.3 Å². The highest BCUT2D eigenvalue weighted by atomic mass is 16.5. The molecule has 1 saturated heterocycles. The number of carbonyl (C=O) groups excluding carboxylic acids is 2. The second-order valence-corrected chi connectivity index (χ2v) is 5.50. The molecule has 0 atom stereocenters. The predicted molar refractivity (Wildman–Crippen MR) is 86.1 cm³/mol. The first-order valence-corrected chi connectivity index (χ1v) is 7.84. The first-order chi connectivity index (χ1) is 11.1. The van der Waals surface area contributed by atoms with Crippen molar-refractivity contribution in [3.8, 4) is 5.75 Å². The van der Waals surface area contributed by atoms with E-state index < -0.39 is 0 Å². The highest BCUT2D eigenvalue weighted by Crippen LogP contribution is 2.19. The Labute approximate surface area is 137 Å². The van der Waals surface area contributed by atoms with Crippen molar-refractivity contribution in [2.75, 3.05) is 40.0 Å². The molecule has 0 aliphatic carbocycles. The number of methoxy groups -OCH3 is 1. The lowest BCUT2D eigenvalue weighted by atomic mass is 10.1. The smallest absolute Gasteiger partial charge is 0.224 e. The summed E-state index contributed by atoms with van der Waals surface area (Å²) >= 11 is 0. The summed E-state index contributed by atoms with van der Waals surface area (Å²) in [6.07, 6.45) is 0.328. The van der Waals surface area contributed by atoms with Crippen LogP contribution in [0.2, 0.25) is 0 Å². The van der Waals surface area contributed by atoms with Crippen molar-refractivity contribution in [3.05, 3.63) is 29.8 Å². The second-order valence-electron chi connectivity index (χ2n) is 5.50. The van der Waals surface area contributed by atoms with Crippen LogP contribution >= 0.6 is 0 Å². The third-order valence-corrected chi connectivity index (χ3v) is 3.96. The molecule has 1 aromatic rings. The van der Waals surface area contributed by atoms with E-state index in [1.165, 1.54) is 6.92 Å². The van der Waals surface area contributed by atoms with Gasteiger partial charge in [-0.2, -0.15) is 0 Å². The van der Waals surface area contributed by atoms with Gasteiger partial charge < -0.3 is 19.3 Å². The minimum atomic E-state index is -0.0503. The average Bonchev–Trinajstić information content (AvgIpc) is 2.59. The van der Waals surface area contributed by atoms with Gasteiger partial charge in [-0.25, -0.2) is 0 Å². The van der Waals surface area contributed by atoms with E-state index in [2.05, 4.69) is 0 Å². The molecule has 0 aromatic heterocycles. The Morgan fingerprint density at radius 1 is 1.26 bits per heavy atom. The number of hydrogen-bond donors (Lipinski definition) is 0. The Morgan fingerprint density at radius 3 is 2.61 bits per heavy atom. The number of para-hydroxylation sites is 1. The summed E-state index contributed by atoms with van der Waals surface area (Å²) in [6, 6.07) is 7.60. The molecule has 2 amide bonds. The number of morpholine rings is 1. The van der Waals surface area contributed by atoms with Crippen LogP contribution in [-0.4, -0.2) is 61.6 Å². The highest BCUT2D eigenvalue weighted by molar-refractivity contribution is 5.78. The molecular formula is C17H24N2O4. The molecule has 1 aromatic carbocycles. The molecule has 6 nitrogen and oxygen atoms in total. The van der Waals surface area contributed by atoms with E-state index in [0.717, 1.165) is 11.3 Å². The van der Waals surface area contributed by atoms with Gasteiger partial charge in [0.2, 0.25) is 11.8 Å². The van der Waals surface area contributed by atoms with Gasteiger partial charge >= 0.3 is 0 Å². The Morgan fingerprint density at radius 2 is 1.96 bits per heavy atom. The summed E-state index contributed by atoms with van der Waals surface area (Å²) in [7, 11) is 1.61. The molecule has 0 bridgehead atoms. The molecule has 0 unspecified atom stereocenters. The Bertz CT molecular complexity index is 541. The maximum absolute atomic E-state index is 12.2. The predicted octanol–water partition coefficient (Wildman–Crippen LogP) is 1.29. The van der Waals surface area contributed by atoms with Crippen molar-refractivity contribution in [1.82, 2.24) is 9.80 Å². The van der Waals surface area contributed by atoms with Crippen LogP contribution in [0.1, 0.15) is 18.9 Å². The van der Waals surface area contributed by atoms with Gasteiger partial charge in [0.15, 0.2) is 0 Å². The molecule has 1 aliphatic rings. The van der Waals surface area contributed by atoms with Gasteiger partial charge in [0, 0.05) is 45.1 Å². The van der Waals surface area contributed by atoms with Crippen molar-refractivity contribution in [1.29, 1.82) is 0 Å². The molecule has 23 heavy (non-hydrogen) atoms. The fourth-order valence-electron chi connectivity index (χ4n) is 2.59. The highest BCUT2D eigenvalue weighted by Gasteiger charge is 2.19. The topological polar surface area (TPSA) is 59.1 Å². The molecule has 1 aliphatic heterocycles. The van der Waals surface area contributed by atoms with Crippen LogP contribution < -0.4 is 4.74 Å². The second kappa shape index (κ2) is 8.53. The first-order valence-electron chi connectivity index (χ1n) is 7.84. The van der Waals surface area contributed by atoms with Gasteiger partial charge in [-0.05, 0) is 6.07 Å². The third-order valence-electron chi connectivity index (χ3n) is 3.96. The molecule has 2 rings (SSSR count). The van der Waals surface area contributed by atoms with E-state index in [1.54, 1.807) is 16.9 Å². The van der Waals surface area contributed by atoms with Crippen molar-refractivity contribution in [2.24, 2.45) is 0 Å². The quantitative estimate of drug-likeness (QED) is 0.792. The van der Waals surface area contributed by atoms with Crippen molar-refractivity contribution in [3.63, 3.8) is 0 Å². The minimum absolute atomic E-state index is 0.0503. The SMILES string of the molecule is COc1ccccc1CN(CCC(=O)N1CCOCC1)C(C)=O. The van der Waals surface area contributed by atoms with E-state index in [4.69, 9.17) is 9.47 Å². The number of ether oxygens (including phenoxy) is 2. The van der Waals surface area contributed by atoms with Crippen LogP contribution in [0.3, 0.4) is 0 Å². The molecule has 0 spiro atoms. The van der Waals surface area contributed by atoms with Gasteiger partial charge in [-0.1, -0.05) is 18.2 Å². The summed E-state index contributed by atoms with van der Waals surface area (Å²) < 4.78 is 10.6. The van der Waals surface area contributed by atoms with Crippen molar-refractivity contribution < 1.29 is 19.1 Å². The standard InChI is InChI=1S/C17H24N2O4/c1-14(20)19(13-15-5-3-4-6-16(15)22-2)8-7-17(21)18-9-11-23-12-10-18/h3-6H,7-13H2,1-2H3. The normalized spacial score (nSPS) is 14.4.